The molecule has 2 amide bonds. The first-order valence-corrected chi connectivity index (χ1v) is 12.0. The van der Waals surface area contributed by atoms with Gasteiger partial charge in [-0.2, -0.15) is 0 Å². The molecule has 2 heterocycles. The Morgan fingerprint density at radius 3 is 2.52 bits per heavy atom. The number of amides is 2. The average molecular weight is 488 g/mol. The maximum atomic E-state index is 12.5. The van der Waals surface area contributed by atoms with Crippen molar-refractivity contribution in [3.8, 4) is 0 Å². The number of nitrogens with one attached hydrogen (secondary N) is 1. The lowest BCUT2D eigenvalue weighted by atomic mass is 10.2. The number of nitro groups is 1. The zero-order chi connectivity index (χ0) is 22.8. The van der Waals surface area contributed by atoms with Crippen molar-refractivity contribution in [2.45, 2.75) is 10.8 Å². The maximum Gasteiger partial charge on any atom is 0.317 e. The van der Waals surface area contributed by atoms with Crippen LogP contribution in [-0.2, 0) is 16.6 Å². The van der Waals surface area contributed by atoms with E-state index >= 15 is 0 Å². The van der Waals surface area contributed by atoms with E-state index in [1.807, 2.05) is 4.90 Å². The molecule has 13 heteroatoms. The topological polar surface area (TPSA) is 116 Å². The van der Waals surface area contributed by atoms with Crippen LogP contribution < -0.4 is 10.2 Å². The van der Waals surface area contributed by atoms with Crippen LogP contribution >= 0.6 is 22.9 Å². The lowest BCUT2D eigenvalue weighted by Crippen LogP contribution is -2.51. The summed E-state index contributed by atoms with van der Waals surface area (Å²) in [6.07, 6.45) is 0. The van der Waals surface area contributed by atoms with Gasteiger partial charge < -0.3 is 15.1 Å². The molecule has 1 fully saturated rings. The van der Waals surface area contributed by atoms with Crippen LogP contribution in [0.25, 0.3) is 0 Å². The van der Waals surface area contributed by atoms with E-state index in [0.717, 1.165) is 20.5 Å². The number of sulfonamides is 1. The maximum absolute atomic E-state index is 12.5. The Morgan fingerprint density at radius 2 is 1.90 bits per heavy atom. The summed E-state index contributed by atoms with van der Waals surface area (Å²) in [5.74, 6) is 0. The molecule has 2 aromatic rings. The van der Waals surface area contributed by atoms with E-state index in [0.29, 0.717) is 36.9 Å². The highest BCUT2D eigenvalue weighted by Crippen LogP contribution is 2.31. The summed E-state index contributed by atoms with van der Waals surface area (Å²) < 4.78 is 25.7. The zero-order valence-electron chi connectivity index (χ0n) is 16.9. The molecule has 0 spiro atoms. The zero-order valence-corrected chi connectivity index (χ0v) is 19.3. The third kappa shape index (κ3) is 5.26. The van der Waals surface area contributed by atoms with E-state index < -0.39 is 14.9 Å². The number of thiophene rings is 1. The number of hydrogen-bond acceptors (Lipinski definition) is 7. The molecule has 0 bridgehead atoms. The minimum Gasteiger partial charge on any atom is -0.362 e. The highest BCUT2D eigenvalue weighted by molar-refractivity contribution is 7.91. The molecule has 1 aromatic heterocycles. The monoisotopic (exact) mass is 487 g/mol. The van der Waals surface area contributed by atoms with Gasteiger partial charge in [0.25, 0.3) is 15.7 Å². The summed E-state index contributed by atoms with van der Waals surface area (Å²) in [6.45, 7) is 1.90. The number of carbonyl (C=O) groups is 1. The quantitative estimate of drug-likeness (QED) is 0.494. The molecule has 0 aliphatic carbocycles. The lowest BCUT2D eigenvalue weighted by molar-refractivity contribution is -0.384. The minimum atomic E-state index is -3.49. The first-order valence-electron chi connectivity index (χ1n) is 9.32. The lowest BCUT2D eigenvalue weighted by Gasteiger charge is -2.35. The van der Waals surface area contributed by atoms with Gasteiger partial charge in [-0.25, -0.2) is 17.5 Å². The molecule has 1 aromatic carbocycles. The molecule has 3 rings (SSSR count). The van der Waals surface area contributed by atoms with Gasteiger partial charge in [-0.1, -0.05) is 11.6 Å². The molecule has 31 heavy (non-hydrogen) atoms. The van der Waals surface area contributed by atoms with E-state index in [9.17, 15) is 23.3 Å². The van der Waals surface area contributed by atoms with E-state index in [1.54, 1.807) is 23.1 Å². The number of nitro benzene ring substituents is 1. The van der Waals surface area contributed by atoms with Crippen molar-refractivity contribution in [2.24, 2.45) is 0 Å². The Bertz CT molecular complexity index is 1080. The Balaban J connectivity index is 1.56. The Labute approximate surface area is 189 Å². The molecule has 1 aliphatic heterocycles. The van der Waals surface area contributed by atoms with E-state index in [-0.39, 0.29) is 22.5 Å². The van der Waals surface area contributed by atoms with Crippen LogP contribution in [0.15, 0.2) is 34.5 Å². The Hall–Kier alpha value is -2.41. The van der Waals surface area contributed by atoms with Crippen LogP contribution in [0.3, 0.4) is 0 Å². The summed E-state index contributed by atoms with van der Waals surface area (Å²) in [7, 11) is -0.559. The summed E-state index contributed by atoms with van der Waals surface area (Å²) in [5.41, 5.74) is 0.411. The fourth-order valence-corrected chi connectivity index (χ4v) is 5.74. The number of anilines is 1. The Kier molecular flexibility index (Phi) is 7.04. The fourth-order valence-electron chi connectivity index (χ4n) is 3.11. The van der Waals surface area contributed by atoms with E-state index in [2.05, 4.69) is 5.32 Å². The van der Waals surface area contributed by atoms with Crippen molar-refractivity contribution in [2.75, 3.05) is 45.2 Å². The van der Waals surface area contributed by atoms with Crippen LogP contribution in [0.1, 0.15) is 4.88 Å². The SMILES string of the molecule is CN(C)S(=O)(=O)c1ccc(CNC(=O)N2CCN(c3ccc(Cl)cc3[N+](=O)[O-])CC2)s1. The summed E-state index contributed by atoms with van der Waals surface area (Å²) in [4.78, 5) is 27.6. The second-order valence-electron chi connectivity index (χ2n) is 7.03. The van der Waals surface area contributed by atoms with Gasteiger partial charge in [-0.3, -0.25) is 10.1 Å². The molecule has 1 aliphatic rings. The molecule has 1 N–H and O–H groups in total. The van der Waals surface area contributed by atoms with Crippen molar-refractivity contribution in [3.05, 3.63) is 50.3 Å². The molecule has 0 unspecified atom stereocenters. The molecule has 10 nitrogen and oxygen atoms in total. The third-order valence-electron chi connectivity index (χ3n) is 4.83. The predicted molar refractivity (Wildman–Crippen MR) is 119 cm³/mol. The van der Waals surface area contributed by atoms with Gasteiger partial charge in [0.05, 0.1) is 11.5 Å². The largest absolute Gasteiger partial charge is 0.362 e. The predicted octanol–water partition coefficient (Wildman–Crippen LogP) is 2.59. The third-order valence-corrected chi connectivity index (χ3v) is 8.43. The first kappa shape index (κ1) is 23.3. The Morgan fingerprint density at radius 1 is 1.23 bits per heavy atom. The van der Waals surface area contributed by atoms with E-state index in [1.165, 1.54) is 26.2 Å². The standard InChI is InChI=1S/C18H22ClN5O5S2/c1-21(2)31(28,29)17-6-4-14(30-17)12-20-18(25)23-9-7-22(8-10-23)15-5-3-13(19)11-16(15)24(26)27/h3-6,11H,7-10,12H2,1-2H3,(H,20,25). The van der Waals surface area contributed by atoms with Gasteiger partial charge in [-0.05, 0) is 24.3 Å². The number of urea groups is 1. The number of hydrogen-bond donors (Lipinski definition) is 1. The van der Waals surface area contributed by atoms with Crippen molar-refractivity contribution in [1.29, 1.82) is 0 Å². The summed E-state index contributed by atoms with van der Waals surface area (Å²) in [5, 5.41) is 14.4. The van der Waals surface area contributed by atoms with Gasteiger partial charge >= 0.3 is 6.03 Å². The van der Waals surface area contributed by atoms with Crippen LogP contribution in [0, 0.1) is 10.1 Å². The smallest absolute Gasteiger partial charge is 0.317 e. The van der Waals surface area contributed by atoms with Gasteiger partial charge in [0.2, 0.25) is 0 Å². The van der Waals surface area contributed by atoms with Crippen molar-refractivity contribution >= 4 is 50.4 Å². The van der Waals surface area contributed by atoms with Crippen molar-refractivity contribution in [3.63, 3.8) is 0 Å². The normalized spacial score (nSPS) is 14.7. The summed E-state index contributed by atoms with van der Waals surface area (Å²) in [6, 6.07) is 7.48. The summed E-state index contributed by atoms with van der Waals surface area (Å²) >= 11 is 6.99. The van der Waals surface area contributed by atoms with Gasteiger partial charge in [0, 0.05) is 56.2 Å². The minimum absolute atomic E-state index is 0.0634. The van der Waals surface area contributed by atoms with Crippen LogP contribution in [0.5, 0.6) is 0 Å². The number of nitrogens with zero attached hydrogens (tertiary/aromatic N) is 4. The number of piperazine rings is 1. The van der Waals surface area contributed by atoms with Crippen LogP contribution in [0.4, 0.5) is 16.2 Å². The molecule has 0 atom stereocenters. The fraction of sp³-hybridized carbons (Fsp3) is 0.389. The van der Waals surface area contributed by atoms with E-state index in [4.69, 9.17) is 11.6 Å². The second-order valence-corrected chi connectivity index (χ2v) is 11.0. The number of benzene rings is 1. The number of rotatable bonds is 6. The first-order chi connectivity index (χ1) is 14.6. The molecular weight excluding hydrogens is 466 g/mol. The molecule has 1 saturated heterocycles. The molecule has 168 valence electrons. The van der Waals surface area contributed by atoms with Crippen LogP contribution in [-0.4, -0.2) is 68.9 Å². The van der Waals surface area contributed by atoms with Gasteiger partial charge in [0.15, 0.2) is 0 Å². The average Bonchev–Trinajstić information content (AvgIpc) is 3.22. The highest BCUT2D eigenvalue weighted by Gasteiger charge is 2.26. The molecule has 0 saturated carbocycles. The van der Waals surface area contributed by atoms with Gasteiger partial charge in [-0.15, -0.1) is 11.3 Å². The number of carbonyl (C=O) groups excluding carboxylic acids is 1. The van der Waals surface area contributed by atoms with Gasteiger partial charge in [0.1, 0.15) is 9.90 Å². The second kappa shape index (κ2) is 9.39. The number of halogens is 1. The van der Waals surface area contributed by atoms with Crippen LogP contribution in [0.2, 0.25) is 5.02 Å². The molecular formula is C18H22ClN5O5S2. The highest BCUT2D eigenvalue weighted by atomic mass is 35.5. The van der Waals surface area contributed by atoms with Crippen molar-refractivity contribution < 1.29 is 18.1 Å². The molecule has 0 radical (unpaired) electrons. The van der Waals surface area contributed by atoms with Crippen molar-refractivity contribution in [1.82, 2.24) is 14.5 Å².